The van der Waals surface area contributed by atoms with Crippen LogP contribution < -0.4 is 5.32 Å². The van der Waals surface area contributed by atoms with Crippen LogP contribution in [0.15, 0.2) is 36.0 Å². The Hall–Kier alpha value is -2.10. The van der Waals surface area contributed by atoms with E-state index in [0.717, 1.165) is 5.56 Å². The lowest BCUT2D eigenvalue weighted by atomic mass is 9.87. The van der Waals surface area contributed by atoms with Crippen molar-refractivity contribution >= 4 is 11.9 Å². The first kappa shape index (κ1) is 17.0. The highest BCUT2D eigenvalue weighted by Gasteiger charge is 2.14. The summed E-state index contributed by atoms with van der Waals surface area (Å²) >= 11 is 0. The van der Waals surface area contributed by atoms with E-state index in [2.05, 4.69) is 26.1 Å². The zero-order chi connectivity index (χ0) is 16.0. The molecule has 4 heteroatoms. The predicted octanol–water partition coefficient (Wildman–Crippen LogP) is 3.18. The minimum atomic E-state index is -0.460. The highest BCUT2D eigenvalue weighted by molar-refractivity contribution is 5.96. The molecule has 1 N–H and O–H groups in total. The Morgan fingerprint density at radius 1 is 1.19 bits per heavy atom. The van der Waals surface area contributed by atoms with Crippen LogP contribution in [0.25, 0.3) is 0 Å². The molecule has 1 rings (SSSR count). The fourth-order valence-corrected chi connectivity index (χ4v) is 1.77. The smallest absolute Gasteiger partial charge is 0.332 e. The first-order valence-electron chi connectivity index (χ1n) is 7.01. The molecule has 0 spiro atoms. The van der Waals surface area contributed by atoms with Gasteiger partial charge in [-0.15, -0.1) is 0 Å². The summed E-state index contributed by atoms with van der Waals surface area (Å²) in [5.41, 5.74) is 2.23. The van der Waals surface area contributed by atoms with Crippen molar-refractivity contribution in [3.05, 3.63) is 47.2 Å². The molecular formula is C17H23NO3. The van der Waals surface area contributed by atoms with Crippen LogP contribution in [0.3, 0.4) is 0 Å². The zero-order valence-electron chi connectivity index (χ0n) is 13.3. The molecule has 0 aliphatic carbocycles. The van der Waals surface area contributed by atoms with E-state index in [1.807, 2.05) is 12.1 Å². The van der Waals surface area contributed by atoms with E-state index in [1.54, 1.807) is 26.0 Å². The van der Waals surface area contributed by atoms with Gasteiger partial charge in [-0.1, -0.05) is 32.9 Å². The molecule has 1 aromatic carbocycles. The van der Waals surface area contributed by atoms with Crippen LogP contribution in [-0.2, 0) is 14.9 Å². The molecule has 0 aliphatic rings. The van der Waals surface area contributed by atoms with Gasteiger partial charge < -0.3 is 10.1 Å². The molecular weight excluding hydrogens is 266 g/mol. The standard InChI is InChI=1S/C17H23NO3/c1-6-21-15(19)11-12(2)18-16(20)13-7-9-14(10-8-13)17(3,4)5/h7-11H,6H2,1-5H3,(H,18,20)/b12-11+. The number of nitrogens with one attached hydrogen (secondary N) is 1. The molecule has 0 radical (unpaired) electrons. The molecule has 0 unspecified atom stereocenters. The van der Waals surface area contributed by atoms with Gasteiger partial charge >= 0.3 is 5.97 Å². The van der Waals surface area contributed by atoms with Crippen LogP contribution in [0.2, 0.25) is 0 Å². The summed E-state index contributed by atoms with van der Waals surface area (Å²) in [7, 11) is 0. The second kappa shape index (κ2) is 7.07. The average Bonchev–Trinajstić information content (AvgIpc) is 2.37. The van der Waals surface area contributed by atoms with Crippen molar-refractivity contribution in [2.75, 3.05) is 6.61 Å². The van der Waals surface area contributed by atoms with E-state index < -0.39 is 5.97 Å². The van der Waals surface area contributed by atoms with Crippen molar-refractivity contribution in [3.8, 4) is 0 Å². The van der Waals surface area contributed by atoms with Crippen molar-refractivity contribution in [3.63, 3.8) is 0 Å². The minimum absolute atomic E-state index is 0.0503. The van der Waals surface area contributed by atoms with E-state index in [9.17, 15) is 9.59 Å². The summed E-state index contributed by atoms with van der Waals surface area (Å²) in [6.07, 6.45) is 1.27. The molecule has 1 aromatic rings. The molecule has 0 aromatic heterocycles. The first-order chi connectivity index (χ1) is 9.74. The number of carbonyl (C=O) groups is 2. The Morgan fingerprint density at radius 3 is 2.24 bits per heavy atom. The quantitative estimate of drug-likeness (QED) is 0.684. The number of amides is 1. The van der Waals surface area contributed by atoms with Gasteiger partial charge in [-0.05, 0) is 37.0 Å². The fraction of sp³-hybridized carbons (Fsp3) is 0.412. The van der Waals surface area contributed by atoms with Crippen LogP contribution in [-0.4, -0.2) is 18.5 Å². The number of rotatable bonds is 4. The molecule has 0 saturated heterocycles. The van der Waals surface area contributed by atoms with Gasteiger partial charge in [0.25, 0.3) is 5.91 Å². The molecule has 0 fully saturated rings. The maximum Gasteiger partial charge on any atom is 0.332 e. The second-order valence-electron chi connectivity index (χ2n) is 5.86. The summed E-state index contributed by atoms with van der Waals surface area (Å²) in [6, 6.07) is 7.46. The third-order valence-corrected chi connectivity index (χ3v) is 2.94. The van der Waals surface area contributed by atoms with Gasteiger partial charge in [0.2, 0.25) is 0 Å². The lowest BCUT2D eigenvalue weighted by Crippen LogP contribution is -2.22. The molecule has 0 saturated carbocycles. The fourth-order valence-electron chi connectivity index (χ4n) is 1.77. The van der Waals surface area contributed by atoms with E-state index >= 15 is 0 Å². The van der Waals surface area contributed by atoms with Gasteiger partial charge in [0.1, 0.15) is 0 Å². The van der Waals surface area contributed by atoms with Crippen molar-refractivity contribution in [1.82, 2.24) is 5.32 Å². The molecule has 4 nitrogen and oxygen atoms in total. The molecule has 0 atom stereocenters. The summed E-state index contributed by atoms with van der Waals surface area (Å²) < 4.78 is 4.79. The summed E-state index contributed by atoms with van der Waals surface area (Å²) in [5, 5.41) is 2.67. The molecule has 1 amide bonds. The summed E-state index contributed by atoms with van der Waals surface area (Å²) in [6.45, 7) is 10.1. The van der Waals surface area contributed by atoms with E-state index in [-0.39, 0.29) is 11.3 Å². The van der Waals surface area contributed by atoms with Crippen molar-refractivity contribution in [2.45, 2.75) is 40.0 Å². The summed E-state index contributed by atoms with van der Waals surface area (Å²) in [4.78, 5) is 23.3. The molecule has 0 aliphatic heterocycles. The second-order valence-corrected chi connectivity index (χ2v) is 5.86. The van der Waals surface area contributed by atoms with E-state index in [1.165, 1.54) is 6.08 Å². The van der Waals surface area contributed by atoms with Gasteiger partial charge in [0.15, 0.2) is 0 Å². The van der Waals surface area contributed by atoms with Gasteiger partial charge in [-0.3, -0.25) is 4.79 Å². The Bertz CT molecular complexity index is 536. The monoisotopic (exact) mass is 289 g/mol. The summed E-state index contributed by atoms with van der Waals surface area (Å²) in [5.74, 6) is -0.702. The van der Waals surface area contributed by atoms with E-state index in [0.29, 0.717) is 17.9 Å². The lowest BCUT2D eigenvalue weighted by molar-refractivity contribution is -0.137. The first-order valence-corrected chi connectivity index (χ1v) is 7.01. The molecule has 21 heavy (non-hydrogen) atoms. The van der Waals surface area contributed by atoms with Crippen molar-refractivity contribution in [1.29, 1.82) is 0 Å². The minimum Gasteiger partial charge on any atom is -0.463 e. The average molecular weight is 289 g/mol. The topological polar surface area (TPSA) is 55.4 Å². The highest BCUT2D eigenvalue weighted by Crippen LogP contribution is 2.22. The number of allylic oxidation sites excluding steroid dienone is 1. The maximum absolute atomic E-state index is 12.1. The molecule has 0 bridgehead atoms. The van der Waals surface area contributed by atoms with Crippen LogP contribution >= 0.6 is 0 Å². The predicted molar refractivity (Wildman–Crippen MR) is 83.0 cm³/mol. The van der Waals surface area contributed by atoms with Gasteiger partial charge in [0, 0.05) is 17.3 Å². The third kappa shape index (κ3) is 5.42. The largest absolute Gasteiger partial charge is 0.463 e. The van der Waals surface area contributed by atoms with Crippen molar-refractivity contribution < 1.29 is 14.3 Å². The Kier molecular flexibility index (Phi) is 5.70. The number of benzene rings is 1. The van der Waals surface area contributed by atoms with Crippen LogP contribution in [0.5, 0.6) is 0 Å². The lowest BCUT2D eigenvalue weighted by Gasteiger charge is -2.19. The zero-order valence-corrected chi connectivity index (χ0v) is 13.3. The molecule has 114 valence electrons. The SMILES string of the molecule is CCOC(=O)/C=C(\C)NC(=O)c1ccc(C(C)(C)C)cc1. The maximum atomic E-state index is 12.1. The van der Waals surface area contributed by atoms with Crippen molar-refractivity contribution in [2.24, 2.45) is 0 Å². The number of esters is 1. The van der Waals surface area contributed by atoms with Crippen LogP contribution in [0, 0.1) is 0 Å². The Labute approximate surface area is 126 Å². The number of hydrogen-bond acceptors (Lipinski definition) is 3. The number of carbonyl (C=O) groups excluding carboxylic acids is 2. The van der Waals surface area contributed by atoms with Gasteiger partial charge in [-0.25, -0.2) is 4.79 Å². The van der Waals surface area contributed by atoms with Crippen LogP contribution in [0.1, 0.15) is 50.5 Å². The normalized spacial score (nSPS) is 12.0. The van der Waals surface area contributed by atoms with Crippen LogP contribution in [0.4, 0.5) is 0 Å². The Morgan fingerprint density at radius 2 is 1.76 bits per heavy atom. The third-order valence-electron chi connectivity index (χ3n) is 2.94. The van der Waals surface area contributed by atoms with E-state index in [4.69, 9.17) is 4.74 Å². The Balaban J connectivity index is 2.74. The number of hydrogen-bond donors (Lipinski definition) is 1. The molecule has 0 heterocycles. The number of ether oxygens (including phenoxy) is 1. The van der Waals surface area contributed by atoms with Gasteiger partial charge in [0.05, 0.1) is 6.61 Å². The highest BCUT2D eigenvalue weighted by atomic mass is 16.5. The van der Waals surface area contributed by atoms with Gasteiger partial charge in [-0.2, -0.15) is 0 Å².